The van der Waals surface area contributed by atoms with Crippen LogP contribution in [0.2, 0.25) is 0 Å². The highest BCUT2D eigenvalue weighted by Crippen LogP contribution is 2.26. The maximum Gasteiger partial charge on any atom is 0.0531 e. The van der Waals surface area contributed by atoms with Crippen LogP contribution >= 0.6 is 0 Å². The van der Waals surface area contributed by atoms with Gasteiger partial charge in [0.25, 0.3) is 0 Å². The second-order valence-corrected chi connectivity index (χ2v) is 9.40. The summed E-state index contributed by atoms with van der Waals surface area (Å²) < 4.78 is 0. The number of nitrogens with one attached hydrogen (secondary N) is 1. The van der Waals surface area contributed by atoms with E-state index in [4.69, 9.17) is 5.73 Å². The molecule has 5 aromatic carbocycles. The van der Waals surface area contributed by atoms with Crippen molar-refractivity contribution in [3.8, 4) is 22.3 Å². The second kappa shape index (κ2) is 16.6. The molecule has 0 aromatic heterocycles. The number of hydrogen-bond donors (Lipinski definition) is 2. The Morgan fingerprint density at radius 2 is 1.02 bits per heavy atom. The quantitative estimate of drug-likeness (QED) is 0.205. The van der Waals surface area contributed by atoms with E-state index in [1.54, 1.807) is 0 Å². The summed E-state index contributed by atoms with van der Waals surface area (Å²) in [5.41, 5.74) is 16.9. The van der Waals surface area contributed by atoms with Gasteiger partial charge >= 0.3 is 0 Å². The van der Waals surface area contributed by atoms with E-state index in [0.29, 0.717) is 0 Å². The molecule has 0 saturated heterocycles. The summed E-state index contributed by atoms with van der Waals surface area (Å²) in [6.45, 7) is 10.9. The first kappa shape index (κ1) is 31.1. The summed E-state index contributed by atoms with van der Waals surface area (Å²) in [5, 5.41) is 3.70. The fraction of sp³-hybridized carbons (Fsp3) is 0.179. The molecule has 3 N–H and O–H groups in total. The Balaban J connectivity index is 0.00000111. The summed E-state index contributed by atoms with van der Waals surface area (Å²) in [7, 11) is 0. The Hall–Kier alpha value is -4.40. The highest BCUT2D eigenvalue weighted by atomic mass is 14.9. The summed E-state index contributed by atoms with van der Waals surface area (Å²) in [4.78, 5) is 0. The van der Waals surface area contributed by atoms with Crippen molar-refractivity contribution in [3.63, 3.8) is 0 Å². The van der Waals surface area contributed by atoms with Gasteiger partial charge < -0.3 is 11.1 Å². The van der Waals surface area contributed by atoms with E-state index in [-0.39, 0.29) is 6.04 Å². The molecule has 0 aliphatic rings. The standard InChI is InChI=1S/C35H32N2.2C2H6/c1-26-12-14-29(15-13-26)31-18-22-33(23-19-31)35(37-25-27-8-4-2-5-9-27)24-34(36)32-20-16-30(17-21-32)28-10-6-3-7-11-28;2*1-2/h2-24,35,37H,25,36H2,1H3;2*1-2H3/b34-24-;;. The Morgan fingerprint density at radius 3 is 1.56 bits per heavy atom. The zero-order valence-corrected chi connectivity index (χ0v) is 25.1. The molecule has 0 saturated carbocycles. The van der Waals surface area contributed by atoms with Crippen LogP contribution in [0, 0.1) is 6.92 Å². The molecule has 41 heavy (non-hydrogen) atoms. The molecule has 1 atom stereocenters. The van der Waals surface area contributed by atoms with Crippen molar-refractivity contribution >= 4 is 5.70 Å². The molecule has 2 heteroatoms. The lowest BCUT2D eigenvalue weighted by Crippen LogP contribution is -2.20. The maximum atomic E-state index is 6.65. The molecular formula is C39H44N2. The molecule has 0 spiro atoms. The van der Waals surface area contributed by atoms with E-state index in [9.17, 15) is 0 Å². The largest absolute Gasteiger partial charge is 0.398 e. The predicted octanol–water partition coefficient (Wildman–Crippen LogP) is 10.2. The molecule has 5 aromatic rings. The topological polar surface area (TPSA) is 38.0 Å². The third-order valence-corrected chi connectivity index (χ3v) is 6.70. The normalized spacial score (nSPS) is 11.4. The van der Waals surface area contributed by atoms with Gasteiger partial charge in [-0.3, -0.25) is 0 Å². The number of rotatable bonds is 8. The van der Waals surface area contributed by atoms with E-state index in [2.05, 4.69) is 140 Å². The first-order chi connectivity index (χ1) is 20.2. The molecule has 0 amide bonds. The van der Waals surface area contributed by atoms with E-state index in [1.807, 2.05) is 39.8 Å². The van der Waals surface area contributed by atoms with Crippen LogP contribution in [0.15, 0.2) is 140 Å². The predicted molar refractivity (Wildman–Crippen MR) is 179 cm³/mol. The Bertz CT molecular complexity index is 1440. The van der Waals surface area contributed by atoms with Crippen molar-refractivity contribution in [1.82, 2.24) is 5.32 Å². The van der Waals surface area contributed by atoms with Gasteiger partial charge in [0, 0.05) is 12.2 Å². The van der Waals surface area contributed by atoms with Crippen molar-refractivity contribution < 1.29 is 0 Å². The number of hydrogen-bond acceptors (Lipinski definition) is 2. The van der Waals surface area contributed by atoms with Crippen LogP contribution in [0.1, 0.15) is 56.0 Å². The Labute approximate surface area is 247 Å². The van der Waals surface area contributed by atoms with Crippen LogP contribution in [-0.2, 0) is 6.54 Å². The summed E-state index contributed by atoms with van der Waals surface area (Å²) in [5.74, 6) is 0. The molecule has 210 valence electrons. The third kappa shape index (κ3) is 9.06. The van der Waals surface area contributed by atoms with E-state index in [1.165, 1.54) is 38.9 Å². The molecule has 0 aliphatic heterocycles. The molecule has 0 radical (unpaired) electrons. The van der Waals surface area contributed by atoms with Crippen molar-refractivity contribution in [2.24, 2.45) is 5.73 Å². The highest BCUT2D eigenvalue weighted by Gasteiger charge is 2.11. The van der Waals surface area contributed by atoms with Crippen molar-refractivity contribution in [2.75, 3.05) is 0 Å². The summed E-state index contributed by atoms with van der Waals surface area (Å²) in [6, 6.07) is 46.7. The molecule has 0 bridgehead atoms. The lowest BCUT2D eigenvalue weighted by Gasteiger charge is -2.18. The molecule has 2 nitrogen and oxygen atoms in total. The average molecular weight is 541 g/mol. The number of benzene rings is 5. The van der Waals surface area contributed by atoms with Crippen LogP contribution in [0.5, 0.6) is 0 Å². The van der Waals surface area contributed by atoms with E-state index in [0.717, 1.165) is 17.8 Å². The van der Waals surface area contributed by atoms with Gasteiger partial charge in [-0.25, -0.2) is 0 Å². The summed E-state index contributed by atoms with van der Waals surface area (Å²) in [6.07, 6.45) is 2.13. The minimum atomic E-state index is -0.0268. The molecular weight excluding hydrogens is 496 g/mol. The number of nitrogens with two attached hydrogens (primary N) is 1. The van der Waals surface area contributed by atoms with Crippen LogP contribution in [-0.4, -0.2) is 0 Å². The average Bonchev–Trinajstić information content (AvgIpc) is 3.06. The Kier molecular flexibility index (Phi) is 12.6. The molecule has 0 heterocycles. The van der Waals surface area contributed by atoms with Gasteiger partial charge in [0.15, 0.2) is 0 Å². The van der Waals surface area contributed by atoms with Crippen molar-refractivity contribution in [1.29, 1.82) is 0 Å². The molecule has 0 fully saturated rings. The SMILES string of the molecule is CC.CC.Cc1ccc(-c2ccc(C(/C=C(\N)c3ccc(-c4ccccc4)cc3)NCc3ccccc3)cc2)cc1. The van der Waals surface area contributed by atoms with Crippen LogP contribution < -0.4 is 11.1 Å². The van der Waals surface area contributed by atoms with Crippen LogP contribution in [0.4, 0.5) is 0 Å². The second-order valence-electron chi connectivity index (χ2n) is 9.40. The molecule has 1 unspecified atom stereocenters. The van der Waals surface area contributed by atoms with Gasteiger partial charge in [-0.05, 0) is 51.9 Å². The smallest absolute Gasteiger partial charge is 0.0531 e. The fourth-order valence-electron chi connectivity index (χ4n) is 4.49. The van der Waals surface area contributed by atoms with Gasteiger partial charge in [-0.15, -0.1) is 0 Å². The third-order valence-electron chi connectivity index (χ3n) is 6.70. The maximum absolute atomic E-state index is 6.65. The summed E-state index contributed by atoms with van der Waals surface area (Å²) >= 11 is 0. The minimum Gasteiger partial charge on any atom is -0.398 e. The van der Waals surface area contributed by atoms with Crippen LogP contribution in [0.3, 0.4) is 0 Å². The van der Waals surface area contributed by atoms with E-state index >= 15 is 0 Å². The highest BCUT2D eigenvalue weighted by molar-refractivity contribution is 5.70. The van der Waals surface area contributed by atoms with Gasteiger partial charge in [0.05, 0.1) is 6.04 Å². The van der Waals surface area contributed by atoms with Crippen LogP contribution in [0.25, 0.3) is 28.0 Å². The van der Waals surface area contributed by atoms with Crippen molar-refractivity contribution in [2.45, 2.75) is 47.2 Å². The Morgan fingerprint density at radius 1 is 0.585 bits per heavy atom. The lowest BCUT2D eigenvalue weighted by atomic mass is 9.98. The molecule has 0 aliphatic carbocycles. The van der Waals surface area contributed by atoms with Gasteiger partial charge in [0.2, 0.25) is 0 Å². The van der Waals surface area contributed by atoms with E-state index < -0.39 is 0 Å². The monoisotopic (exact) mass is 540 g/mol. The van der Waals surface area contributed by atoms with Gasteiger partial charge in [-0.2, -0.15) is 0 Å². The first-order valence-electron chi connectivity index (χ1n) is 14.7. The fourth-order valence-corrected chi connectivity index (χ4v) is 4.49. The lowest BCUT2D eigenvalue weighted by molar-refractivity contribution is 0.621. The van der Waals surface area contributed by atoms with Gasteiger partial charge in [0.1, 0.15) is 0 Å². The zero-order valence-electron chi connectivity index (χ0n) is 25.1. The van der Waals surface area contributed by atoms with Crippen molar-refractivity contribution in [3.05, 3.63) is 162 Å². The number of aryl methyl sites for hydroxylation is 1. The zero-order chi connectivity index (χ0) is 29.5. The molecule has 5 rings (SSSR count). The van der Waals surface area contributed by atoms with Gasteiger partial charge in [-0.1, -0.05) is 167 Å². The minimum absolute atomic E-state index is 0.0268. The first-order valence-corrected chi connectivity index (χ1v) is 14.7.